The van der Waals surface area contributed by atoms with Crippen LogP contribution in [0.15, 0.2) is 18.2 Å². The van der Waals surface area contributed by atoms with Crippen LogP contribution in [0.3, 0.4) is 0 Å². The van der Waals surface area contributed by atoms with Crippen molar-refractivity contribution in [1.82, 2.24) is 0 Å². The molecule has 0 aliphatic carbocycles. The zero-order valence-corrected chi connectivity index (χ0v) is 10.4. The van der Waals surface area contributed by atoms with E-state index in [1.54, 1.807) is 11.8 Å². The summed E-state index contributed by atoms with van der Waals surface area (Å²) in [4.78, 5) is 0. The smallest absolute Gasteiger partial charge is 0.166 e. The highest BCUT2D eigenvalue weighted by Gasteiger charge is 2.37. The summed E-state index contributed by atoms with van der Waals surface area (Å²) in [5.74, 6) is 0.912. The maximum Gasteiger partial charge on any atom is 0.416 e. The maximum atomic E-state index is 12.6. The Labute approximate surface area is 110 Å². The van der Waals surface area contributed by atoms with Gasteiger partial charge in [-0.3, -0.25) is 0 Å². The number of benzene rings is 1. The lowest BCUT2D eigenvalue weighted by molar-refractivity contribution is -0.143. The van der Waals surface area contributed by atoms with Crippen molar-refractivity contribution >= 4 is 11.8 Å². The molecule has 1 heterocycles. The lowest BCUT2D eigenvalue weighted by Gasteiger charge is -2.25. The number of hydrogen-bond acceptors (Lipinski definition) is 1. The van der Waals surface area contributed by atoms with E-state index in [1.165, 1.54) is 0 Å². The highest BCUT2D eigenvalue weighted by Crippen LogP contribution is 2.38. The van der Waals surface area contributed by atoms with Gasteiger partial charge in [0, 0.05) is 5.25 Å². The first-order chi connectivity index (χ1) is 8.66. The predicted molar refractivity (Wildman–Crippen MR) is 61.0 cm³/mol. The van der Waals surface area contributed by atoms with Crippen LogP contribution in [0.4, 0.5) is 26.3 Å². The fourth-order valence-electron chi connectivity index (χ4n) is 1.85. The zero-order valence-electron chi connectivity index (χ0n) is 9.61. The first-order valence-electron chi connectivity index (χ1n) is 5.56. The molecule has 1 atom stereocenters. The molecule has 1 fully saturated rings. The fourth-order valence-corrected chi connectivity index (χ4v) is 2.72. The fraction of sp³-hybridized carbons (Fsp3) is 0.500. The number of thioether (sulfide) groups is 1. The van der Waals surface area contributed by atoms with Gasteiger partial charge in [-0.25, -0.2) is 0 Å². The summed E-state index contributed by atoms with van der Waals surface area (Å²) in [6.07, 6.45) is -8.44. The molecule has 19 heavy (non-hydrogen) atoms. The summed E-state index contributed by atoms with van der Waals surface area (Å²) in [6, 6.07) is 1.79. The lowest BCUT2D eigenvalue weighted by atomic mass is 10.0. The van der Waals surface area contributed by atoms with Crippen molar-refractivity contribution in [2.75, 3.05) is 5.75 Å². The molecule has 1 unspecified atom stereocenters. The molecule has 1 aliphatic rings. The van der Waals surface area contributed by atoms with Gasteiger partial charge in [0.2, 0.25) is 0 Å². The average Bonchev–Trinajstić information content (AvgIpc) is 2.21. The minimum absolute atomic E-state index is 0.0966. The second kappa shape index (κ2) is 4.92. The highest BCUT2D eigenvalue weighted by atomic mass is 32.2. The van der Waals surface area contributed by atoms with Gasteiger partial charge in [0.15, 0.2) is 0 Å². The van der Waals surface area contributed by atoms with Crippen LogP contribution in [0, 0.1) is 0 Å². The third kappa shape index (κ3) is 3.58. The molecular weight excluding hydrogens is 290 g/mol. The van der Waals surface area contributed by atoms with Crippen molar-refractivity contribution < 1.29 is 26.3 Å². The summed E-state index contributed by atoms with van der Waals surface area (Å²) in [6.45, 7) is 0. The van der Waals surface area contributed by atoms with Crippen LogP contribution in [0.5, 0.6) is 0 Å². The first kappa shape index (κ1) is 14.6. The third-order valence-corrected chi connectivity index (χ3v) is 4.25. The molecule has 1 aromatic carbocycles. The minimum atomic E-state index is -4.76. The molecule has 1 saturated heterocycles. The maximum absolute atomic E-state index is 12.6. The summed E-state index contributed by atoms with van der Waals surface area (Å²) in [5, 5.41) is 0.129. The van der Waals surface area contributed by atoms with Gasteiger partial charge in [-0.1, -0.05) is 0 Å². The number of rotatable bonds is 2. The average molecular weight is 300 g/mol. The molecular formula is C12H10F6S. The number of alkyl halides is 6. The standard InChI is InChI=1S/C12H10F6S/c13-11(14,15)8-3-7(5-10-1-2-19-10)4-9(6-8)12(16,17)18/h3-4,6,10H,1-2,5H2. The predicted octanol–water partition coefficient (Wildman–Crippen LogP) is 4.77. The molecule has 1 aromatic rings. The molecule has 1 aliphatic heterocycles. The highest BCUT2D eigenvalue weighted by molar-refractivity contribution is 8.01. The number of halogens is 6. The Kier molecular flexibility index (Phi) is 3.77. The molecule has 7 heteroatoms. The van der Waals surface area contributed by atoms with E-state index < -0.39 is 23.5 Å². The Bertz CT molecular complexity index is 426. The molecule has 0 bridgehead atoms. The lowest BCUT2D eigenvalue weighted by Crippen LogP contribution is -2.19. The molecule has 0 N–H and O–H groups in total. The van der Waals surface area contributed by atoms with Crippen LogP contribution >= 0.6 is 11.8 Å². The van der Waals surface area contributed by atoms with Crippen LogP contribution in [-0.4, -0.2) is 11.0 Å². The van der Waals surface area contributed by atoms with E-state index in [2.05, 4.69) is 0 Å². The van der Waals surface area contributed by atoms with Gasteiger partial charge < -0.3 is 0 Å². The van der Waals surface area contributed by atoms with Crippen LogP contribution in [0.2, 0.25) is 0 Å². The summed E-state index contributed by atoms with van der Waals surface area (Å²) in [7, 11) is 0. The summed E-state index contributed by atoms with van der Waals surface area (Å²) >= 11 is 1.56. The summed E-state index contributed by atoms with van der Waals surface area (Å²) < 4.78 is 75.6. The molecule has 2 rings (SSSR count). The molecule has 0 spiro atoms. The van der Waals surface area contributed by atoms with Crippen LogP contribution in [0.1, 0.15) is 23.1 Å². The van der Waals surface area contributed by atoms with Crippen LogP contribution < -0.4 is 0 Å². The van der Waals surface area contributed by atoms with Gasteiger partial charge >= 0.3 is 12.4 Å². The van der Waals surface area contributed by atoms with Gasteiger partial charge in [-0.2, -0.15) is 38.1 Å². The molecule has 0 aromatic heterocycles. The Morgan fingerprint density at radius 3 is 1.74 bits per heavy atom. The quantitative estimate of drug-likeness (QED) is 0.709. The van der Waals surface area contributed by atoms with Crippen molar-refractivity contribution in [3.8, 4) is 0 Å². The second-order valence-corrected chi connectivity index (χ2v) is 5.81. The SMILES string of the molecule is FC(F)(F)c1cc(CC2CCS2)cc(C(F)(F)F)c1. The largest absolute Gasteiger partial charge is 0.416 e. The van der Waals surface area contributed by atoms with E-state index in [-0.39, 0.29) is 23.3 Å². The normalized spacial score (nSPS) is 20.2. The van der Waals surface area contributed by atoms with Crippen molar-refractivity contribution in [2.45, 2.75) is 30.4 Å². The minimum Gasteiger partial charge on any atom is -0.166 e. The van der Waals surface area contributed by atoms with Crippen molar-refractivity contribution in [1.29, 1.82) is 0 Å². The van der Waals surface area contributed by atoms with Crippen LogP contribution in [-0.2, 0) is 18.8 Å². The second-order valence-electron chi connectivity index (χ2n) is 4.40. The monoisotopic (exact) mass is 300 g/mol. The van der Waals surface area contributed by atoms with Crippen molar-refractivity contribution in [2.24, 2.45) is 0 Å². The van der Waals surface area contributed by atoms with E-state index in [9.17, 15) is 26.3 Å². The molecule has 0 amide bonds. The van der Waals surface area contributed by atoms with E-state index in [4.69, 9.17) is 0 Å². The Morgan fingerprint density at radius 2 is 1.42 bits per heavy atom. The van der Waals surface area contributed by atoms with E-state index >= 15 is 0 Å². The Balaban J connectivity index is 2.36. The molecule has 0 saturated carbocycles. The van der Waals surface area contributed by atoms with Crippen molar-refractivity contribution in [3.05, 3.63) is 34.9 Å². The van der Waals surface area contributed by atoms with E-state index in [1.807, 2.05) is 0 Å². The van der Waals surface area contributed by atoms with Gasteiger partial charge in [-0.05, 0) is 42.4 Å². The molecule has 0 nitrogen and oxygen atoms in total. The first-order valence-corrected chi connectivity index (χ1v) is 6.61. The van der Waals surface area contributed by atoms with Gasteiger partial charge in [-0.15, -0.1) is 0 Å². The van der Waals surface area contributed by atoms with E-state index in [0.717, 1.165) is 24.3 Å². The Hall–Kier alpha value is -0.850. The Morgan fingerprint density at radius 1 is 0.947 bits per heavy atom. The summed E-state index contributed by atoms with van der Waals surface area (Å²) in [5.41, 5.74) is -2.37. The third-order valence-electron chi connectivity index (χ3n) is 2.90. The van der Waals surface area contributed by atoms with Gasteiger partial charge in [0.1, 0.15) is 0 Å². The molecule has 0 radical (unpaired) electrons. The topological polar surface area (TPSA) is 0 Å². The van der Waals surface area contributed by atoms with Gasteiger partial charge in [0.05, 0.1) is 11.1 Å². The van der Waals surface area contributed by atoms with Crippen molar-refractivity contribution in [3.63, 3.8) is 0 Å². The zero-order chi connectivity index (χ0) is 14.3. The van der Waals surface area contributed by atoms with E-state index in [0.29, 0.717) is 0 Å². The number of hydrogen-bond donors (Lipinski definition) is 0. The van der Waals surface area contributed by atoms with Gasteiger partial charge in [0.25, 0.3) is 0 Å². The van der Waals surface area contributed by atoms with Crippen LogP contribution in [0.25, 0.3) is 0 Å². The molecule has 106 valence electrons.